The van der Waals surface area contributed by atoms with Gasteiger partial charge in [0.05, 0.1) is 7.11 Å². The van der Waals surface area contributed by atoms with Crippen molar-refractivity contribution in [1.82, 2.24) is 4.98 Å². The van der Waals surface area contributed by atoms with Gasteiger partial charge in [-0.3, -0.25) is 0 Å². The number of azide groups is 1. The summed E-state index contributed by atoms with van der Waals surface area (Å²) in [5, 5.41) is 2.72. The molecule has 1 rings (SSSR count). The molecule has 0 amide bonds. The first-order valence-corrected chi connectivity index (χ1v) is 3.25. The number of nitrogens with zero attached hydrogens (tertiary/aromatic N) is 4. The summed E-state index contributed by atoms with van der Waals surface area (Å²) in [6.45, 7) is 0. The SMILES string of the molecule is COc1c(F)c(F)nc(N=[N+]=[N-])c1F. The first-order chi connectivity index (χ1) is 6.61. The third-order valence-corrected chi connectivity index (χ3v) is 1.32. The summed E-state index contributed by atoms with van der Waals surface area (Å²) < 4.78 is 42.6. The van der Waals surface area contributed by atoms with Crippen LogP contribution in [0, 0.1) is 17.6 Å². The van der Waals surface area contributed by atoms with E-state index < -0.39 is 29.1 Å². The Labute approximate surface area is 75.8 Å². The van der Waals surface area contributed by atoms with Crippen molar-refractivity contribution in [2.45, 2.75) is 0 Å². The maximum atomic E-state index is 13.0. The highest BCUT2D eigenvalue weighted by molar-refractivity contribution is 5.39. The van der Waals surface area contributed by atoms with Gasteiger partial charge in [-0.05, 0) is 10.6 Å². The molecule has 0 saturated carbocycles. The molecule has 1 heterocycles. The summed E-state index contributed by atoms with van der Waals surface area (Å²) in [4.78, 5) is 4.94. The number of hydrogen-bond donors (Lipinski definition) is 0. The van der Waals surface area contributed by atoms with Crippen LogP contribution in [-0.2, 0) is 0 Å². The lowest BCUT2D eigenvalue weighted by molar-refractivity contribution is 0.340. The molecule has 0 fully saturated rings. The van der Waals surface area contributed by atoms with Crippen LogP contribution < -0.4 is 4.74 Å². The summed E-state index contributed by atoms with van der Waals surface area (Å²) in [6, 6.07) is 0. The van der Waals surface area contributed by atoms with Gasteiger partial charge in [-0.25, -0.2) is 9.37 Å². The van der Waals surface area contributed by atoms with Crippen molar-refractivity contribution in [3.63, 3.8) is 0 Å². The van der Waals surface area contributed by atoms with Crippen molar-refractivity contribution in [2.24, 2.45) is 5.11 Å². The van der Waals surface area contributed by atoms with Gasteiger partial charge < -0.3 is 4.74 Å². The first kappa shape index (κ1) is 10.1. The topological polar surface area (TPSA) is 70.9 Å². The van der Waals surface area contributed by atoms with Crippen LogP contribution in [0.3, 0.4) is 0 Å². The van der Waals surface area contributed by atoms with Gasteiger partial charge in [-0.2, -0.15) is 8.78 Å². The van der Waals surface area contributed by atoms with Crippen LogP contribution in [0.5, 0.6) is 5.75 Å². The van der Waals surface area contributed by atoms with Crippen molar-refractivity contribution < 1.29 is 17.9 Å². The van der Waals surface area contributed by atoms with Crippen LogP contribution in [0.2, 0.25) is 0 Å². The van der Waals surface area contributed by atoms with Gasteiger partial charge in [0.1, 0.15) is 0 Å². The molecule has 0 aliphatic carbocycles. The van der Waals surface area contributed by atoms with Crippen molar-refractivity contribution in [3.8, 4) is 5.75 Å². The highest BCUT2D eigenvalue weighted by Gasteiger charge is 2.20. The molecule has 8 heteroatoms. The monoisotopic (exact) mass is 204 g/mol. The lowest BCUT2D eigenvalue weighted by Gasteiger charge is -2.04. The predicted octanol–water partition coefficient (Wildman–Crippen LogP) is 2.45. The lowest BCUT2D eigenvalue weighted by atomic mass is 10.4. The molecule has 0 bridgehead atoms. The largest absolute Gasteiger partial charge is 0.491 e. The Kier molecular flexibility index (Phi) is 2.78. The zero-order chi connectivity index (χ0) is 10.7. The predicted molar refractivity (Wildman–Crippen MR) is 39.5 cm³/mol. The highest BCUT2D eigenvalue weighted by atomic mass is 19.2. The van der Waals surface area contributed by atoms with Crippen LogP contribution in [-0.4, -0.2) is 12.1 Å². The fourth-order valence-corrected chi connectivity index (χ4v) is 0.771. The Morgan fingerprint density at radius 3 is 2.50 bits per heavy atom. The van der Waals surface area contributed by atoms with Gasteiger partial charge in [-0.15, -0.1) is 0 Å². The third-order valence-electron chi connectivity index (χ3n) is 1.32. The Morgan fingerprint density at radius 1 is 1.36 bits per heavy atom. The molecular formula is C6H3F3N4O. The zero-order valence-corrected chi connectivity index (χ0v) is 6.83. The summed E-state index contributed by atoms with van der Waals surface area (Å²) >= 11 is 0. The van der Waals surface area contributed by atoms with Crippen molar-refractivity contribution >= 4 is 5.82 Å². The number of aromatic nitrogens is 1. The van der Waals surface area contributed by atoms with E-state index >= 15 is 0 Å². The summed E-state index contributed by atoms with van der Waals surface area (Å²) in [5.41, 5.74) is 7.96. The molecule has 0 aromatic carbocycles. The lowest BCUT2D eigenvalue weighted by Crippen LogP contribution is -1.99. The van der Waals surface area contributed by atoms with E-state index in [0.29, 0.717) is 0 Å². The fourth-order valence-electron chi connectivity index (χ4n) is 0.771. The van der Waals surface area contributed by atoms with E-state index in [1.165, 1.54) is 0 Å². The van der Waals surface area contributed by atoms with Gasteiger partial charge in [0.2, 0.25) is 5.82 Å². The van der Waals surface area contributed by atoms with E-state index in [-0.39, 0.29) is 0 Å². The van der Waals surface area contributed by atoms with Crippen molar-refractivity contribution in [2.75, 3.05) is 7.11 Å². The second-order valence-electron chi connectivity index (χ2n) is 2.08. The number of pyridine rings is 1. The molecule has 0 radical (unpaired) electrons. The minimum Gasteiger partial charge on any atom is -0.491 e. The molecule has 0 atom stereocenters. The fraction of sp³-hybridized carbons (Fsp3) is 0.167. The minimum atomic E-state index is -1.59. The van der Waals surface area contributed by atoms with Crippen molar-refractivity contribution in [3.05, 3.63) is 28.0 Å². The number of methoxy groups -OCH3 is 1. The summed E-state index contributed by atoms with van der Waals surface area (Å²) in [7, 11) is 0.945. The first-order valence-electron chi connectivity index (χ1n) is 3.25. The summed E-state index contributed by atoms with van der Waals surface area (Å²) in [5.74, 6) is -6.38. The number of rotatable bonds is 2. The summed E-state index contributed by atoms with van der Waals surface area (Å²) in [6.07, 6.45) is 0. The molecule has 0 aliphatic heterocycles. The van der Waals surface area contributed by atoms with Gasteiger partial charge in [0.15, 0.2) is 17.4 Å². The maximum absolute atomic E-state index is 13.0. The molecule has 1 aromatic heterocycles. The van der Waals surface area contributed by atoms with E-state index in [1.54, 1.807) is 0 Å². The molecule has 0 N–H and O–H groups in total. The molecule has 5 nitrogen and oxygen atoms in total. The van der Waals surface area contributed by atoms with Gasteiger partial charge >= 0.3 is 0 Å². The van der Waals surface area contributed by atoms with E-state index in [9.17, 15) is 13.2 Å². The quantitative estimate of drug-likeness (QED) is 0.321. The van der Waals surface area contributed by atoms with Gasteiger partial charge in [0.25, 0.3) is 5.95 Å². The Morgan fingerprint density at radius 2 is 2.00 bits per heavy atom. The average Bonchev–Trinajstić information content (AvgIpc) is 2.16. The van der Waals surface area contributed by atoms with Gasteiger partial charge in [0, 0.05) is 4.91 Å². The standard InChI is InChI=1S/C6H3F3N4O/c1-14-4-2(7)5(9)11-6(3(4)8)12-13-10/h1H3. The number of ether oxygens (including phenoxy) is 1. The molecule has 0 unspecified atom stereocenters. The van der Waals surface area contributed by atoms with E-state index in [1.807, 2.05) is 0 Å². The normalized spacial score (nSPS) is 9.43. The molecule has 0 aliphatic rings. The molecule has 74 valence electrons. The second kappa shape index (κ2) is 3.84. The molecule has 0 saturated heterocycles. The number of hydrogen-bond acceptors (Lipinski definition) is 3. The van der Waals surface area contributed by atoms with Gasteiger partial charge in [-0.1, -0.05) is 0 Å². The van der Waals surface area contributed by atoms with Crippen LogP contribution in [0.1, 0.15) is 0 Å². The van der Waals surface area contributed by atoms with Crippen LogP contribution in [0.25, 0.3) is 10.4 Å². The van der Waals surface area contributed by atoms with Crippen LogP contribution >= 0.6 is 0 Å². The second-order valence-corrected chi connectivity index (χ2v) is 2.08. The van der Waals surface area contributed by atoms with Crippen LogP contribution in [0.4, 0.5) is 19.0 Å². The molecule has 14 heavy (non-hydrogen) atoms. The maximum Gasteiger partial charge on any atom is 0.253 e. The zero-order valence-electron chi connectivity index (χ0n) is 6.83. The third kappa shape index (κ3) is 1.55. The smallest absolute Gasteiger partial charge is 0.253 e. The van der Waals surface area contributed by atoms with Crippen molar-refractivity contribution in [1.29, 1.82) is 0 Å². The van der Waals surface area contributed by atoms with E-state index in [0.717, 1.165) is 7.11 Å². The molecule has 0 spiro atoms. The highest BCUT2D eigenvalue weighted by Crippen LogP contribution is 2.28. The number of halogens is 3. The molecular weight excluding hydrogens is 201 g/mol. The Hall–Kier alpha value is -1.95. The Balaban J connectivity index is 3.49. The minimum absolute atomic E-state index is 0.900. The molecule has 1 aromatic rings. The van der Waals surface area contributed by atoms with E-state index in [2.05, 4.69) is 19.7 Å². The Bertz CT molecular complexity index is 416. The van der Waals surface area contributed by atoms with E-state index in [4.69, 9.17) is 5.53 Å². The van der Waals surface area contributed by atoms with Crippen LogP contribution in [0.15, 0.2) is 5.11 Å². The average molecular weight is 204 g/mol.